The van der Waals surface area contributed by atoms with Gasteiger partial charge in [-0.05, 0) is 0 Å². The molecular formula is C10H16N5O13P3. The van der Waals surface area contributed by atoms with Crippen LogP contribution in [0.4, 0.5) is 5.82 Å². The molecule has 0 amide bonds. The van der Waals surface area contributed by atoms with Crippen LogP contribution in [0.25, 0.3) is 11.2 Å². The molecular weight excluding hydrogens is 491 g/mol. The summed E-state index contributed by atoms with van der Waals surface area (Å²) in [6, 6.07) is 0. The average Bonchev–Trinajstić information content (AvgIpc) is 3.13. The van der Waals surface area contributed by atoms with Crippen LogP contribution in [0.2, 0.25) is 0 Å². The normalized spacial score (nSPS) is 26.9. The number of nitrogens with zero attached hydrogens (tertiary/aromatic N) is 4. The SMILES string of the molecule is Nc1ncnc2c1ncn2[C@@H]1O[C@H](COP(=O)(O)OP(=O)(O)O)[C@@H](O)[C@H]1OP(=O)(O)O. The fraction of sp³-hybridized carbons (Fsp3) is 0.500. The molecule has 0 saturated carbocycles. The van der Waals surface area contributed by atoms with E-state index in [1.807, 2.05) is 0 Å². The van der Waals surface area contributed by atoms with E-state index in [0.717, 1.165) is 17.2 Å². The number of aromatic nitrogens is 4. The monoisotopic (exact) mass is 507 g/mol. The molecule has 0 radical (unpaired) electrons. The minimum Gasteiger partial charge on any atom is -0.387 e. The third kappa shape index (κ3) is 5.91. The number of ether oxygens (including phenoxy) is 1. The van der Waals surface area contributed by atoms with Crippen LogP contribution in [-0.2, 0) is 31.8 Å². The van der Waals surface area contributed by atoms with E-state index in [-0.39, 0.29) is 17.0 Å². The number of fused-ring (bicyclic) bond motifs is 1. The van der Waals surface area contributed by atoms with E-state index < -0.39 is 54.6 Å². The number of nitrogen functional groups attached to an aromatic ring is 1. The first-order chi connectivity index (χ1) is 14.2. The number of phosphoric ester groups is 2. The molecule has 21 heteroatoms. The Morgan fingerprint density at radius 2 is 1.77 bits per heavy atom. The highest BCUT2D eigenvalue weighted by atomic mass is 31.3. The first kappa shape index (κ1) is 24.3. The van der Waals surface area contributed by atoms with Crippen molar-refractivity contribution in [3.05, 3.63) is 12.7 Å². The van der Waals surface area contributed by atoms with Gasteiger partial charge in [-0.3, -0.25) is 13.6 Å². The molecule has 0 aliphatic carbocycles. The van der Waals surface area contributed by atoms with Crippen LogP contribution in [0.1, 0.15) is 6.23 Å². The van der Waals surface area contributed by atoms with Crippen molar-refractivity contribution in [1.82, 2.24) is 19.5 Å². The summed E-state index contributed by atoms with van der Waals surface area (Å²) >= 11 is 0. The highest BCUT2D eigenvalue weighted by molar-refractivity contribution is 7.60. The van der Waals surface area contributed by atoms with Gasteiger partial charge in [0.2, 0.25) is 0 Å². The third-order valence-corrected chi connectivity index (χ3v) is 6.51. The maximum Gasteiger partial charge on any atom is 0.481 e. The van der Waals surface area contributed by atoms with Crippen molar-refractivity contribution in [3.8, 4) is 0 Å². The Balaban J connectivity index is 1.88. The molecule has 31 heavy (non-hydrogen) atoms. The first-order valence-corrected chi connectivity index (χ1v) is 12.5. The topological polar surface area (TPSA) is 279 Å². The molecule has 0 bridgehead atoms. The fourth-order valence-electron chi connectivity index (χ4n) is 2.73. The number of hydrogen-bond donors (Lipinski definition) is 7. The van der Waals surface area contributed by atoms with Crippen LogP contribution in [0.3, 0.4) is 0 Å². The lowest BCUT2D eigenvalue weighted by atomic mass is 10.1. The van der Waals surface area contributed by atoms with E-state index in [2.05, 4.69) is 28.3 Å². The van der Waals surface area contributed by atoms with Gasteiger partial charge in [-0.2, -0.15) is 4.31 Å². The molecule has 2 aromatic heterocycles. The summed E-state index contributed by atoms with van der Waals surface area (Å²) in [5, 5.41) is 10.4. The van der Waals surface area contributed by atoms with E-state index in [9.17, 15) is 33.5 Å². The van der Waals surface area contributed by atoms with Gasteiger partial charge in [0.1, 0.15) is 30.2 Å². The Morgan fingerprint density at radius 3 is 2.39 bits per heavy atom. The zero-order chi connectivity index (χ0) is 23.2. The summed E-state index contributed by atoms with van der Waals surface area (Å²) in [5.74, 6) is -0.0227. The summed E-state index contributed by atoms with van der Waals surface area (Å²) in [6.07, 6.45) is -4.49. The number of rotatable bonds is 8. The van der Waals surface area contributed by atoms with E-state index >= 15 is 0 Å². The van der Waals surface area contributed by atoms with Gasteiger partial charge in [0, 0.05) is 0 Å². The summed E-state index contributed by atoms with van der Waals surface area (Å²) in [7, 11) is -15.9. The zero-order valence-corrected chi connectivity index (χ0v) is 17.6. The molecule has 0 aromatic carbocycles. The van der Waals surface area contributed by atoms with Gasteiger partial charge in [0.15, 0.2) is 17.7 Å². The maximum absolute atomic E-state index is 11.6. The van der Waals surface area contributed by atoms with E-state index in [0.29, 0.717) is 0 Å². The quantitative estimate of drug-likeness (QED) is 0.197. The van der Waals surface area contributed by atoms with Gasteiger partial charge in [0.25, 0.3) is 0 Å². The molecule has 3 heterocycles. The van der Waals surface area contributed by atoms with Gasteiger partial charge < -0.3 is 40.0 Å². The average molecular weight is 507 g/mol. The third-order valence-electron chi connectivity index (χ3n) is 3.84. The number of aliphatic hydroxyl groups excluding tert-OH is 1. The van der Waals surface area contributed by atoms with Crippen molar-refractivity contribution >= 4 is 40.4 Å². The second-order valence-corrected chi connectivity index (χ2v) is 10.1. The molecule has 174 valence electrons. The van der Waals surface area contributed by atoms with Crippen LogP contribution in [0.15, 0.2) is 12.7 Å². The Kier molecular flexibility index (Phi) is 6.68. The molecule has 8 N–H and O–H groups in total. The van der Waals surface area contributed by atoms with Crippen molar-refractivity contribution in [1.29, 1.82) is 0 Å². The maximum atomic E-state index is 11.6. The minimum atomic E-state index is -5.40. The number of imidazole rings is 1. The molecule has 1 saturated heterocycles. The second kappa shape index (κ2) is 8.53. The molecule has 1 fully saturated rings. The molecule has 5 atom stereocenters. The van der Waals surface area contributed by atoms with Gasteiger partial charge in [-0.1, -0.05) is 0 Å². The van der Waals surface area contributed by atoms with E-state index in [4.69, 9.17) is 20.3 Å². The van der Waals surface area contributed by atoms with Gasteiger partial charge in [-0.25, -0.2) is 28.6 Å². The summed E-state index contributed by atoms with van der Waals surface area (Å²) in [4.78, 5) is 56.5. The lowest BCUT2D eigenvalue weighted by molar-refractivity contribution is -0.0497. The van der Waals surface area contributed by atoms with Crippen LogP contribution in [-0.4, -0.2) is 74.0 Å². The zero-order valence-electron chi connectivity index (χ0n) is 14.9. The lowest BCUT2D eigenvalue weighted by Crippen LogP contribution is -2.35. The molecule has 3 rings (SSSR count). The van der Waals surface area contributed by atoms with Gasteiger partial charge in [0.05, 0.1) is 12.9 Å². The molecule has 1 unspecified atom stereocenters. The molecule has 1 aliphatic heterocycles. The Hall–Kier alpha value is -1.36. The lowest BCUT2D eigenvalue weighted by Gasteiger charge is -2.22. The number of hydrogen-bond acceptors (Lipinski definition) is 12. The Morgan fingerprint density at radius 1 is 1.10 bits per heavy atom. The predicted molar refractivity (Wildman–Crippen MR) is 95.5 cm³/mol. The van der Waals surface area contributed by atoms with Crippen LogP contribution in [0.5, 0.6) is 0 Å². The van der Waals surface area contributed by atoms with E-state index in [1.54, 1.807) is 0 Å². The van der Waals surface area contributed by atoms with Crippen molar-refractivity contribution in [2.24, 2.45) is 0 Å². The standard InChI is InChI=1S/C10H16N5O13P3/c11-8-5-9(13-2-12-8)15(3-14-5)10-7(27-29(17,18)19)6(16)4(26-10)1-25-31(23,24)28-30(20,21)22/h2-4,6-7,10,16H,1H2,(H,23,24)(H2,11,12,13)(H2,17,18,19)(H2,20,21,22)/t4-,6-,7-,10-/m1/s1. The second-order valence-electron chi connectivity index (χ2n) is 6.04. The van der Waals surface area contributed by atoms with Gasteiger partial charge >= 0.3 is 23.5 Å². The number of anilines is 1. The summed E-state index contributed by atoms with van der Waals surface area (Å²) in [5.41, 5.74) is 5.82. The molecule has 2 aromatic rings. The molecule has 0 spiro atoms. The Bertz CT molecular complexity index is 1100. The predicted octanol–water partition coefficient (Wildman–Crippen LogP) is -1.63. The van der Waals surface area contributed by atoms with Gasteiger partial charge in [-0.15, -0.1) is 0 Å². The van der Waals surface area contributed by atoms with Crippen LogP contribution in [0, 0.1) is 0 Å². The molecule has 18 nitrogen and oxygen atoms in total. The highest BCUT2D eigenvalue weighted by Gasteiger charge is 2.50. The fourth-order valence-corrected chi connectivity index (χ4v) is 4.88. The van der Waals surface area contributed by atoms with Crippen molar-refractivity contribution in [2.45, 2.75) is 24.5 Å². The van der Waals surface area contributed by atoms with Crippen molar-refractivity contribution in [3.63, 3.8) is 0 Å². The number of aliphatic hydroxyl groups is 1. The largest absolute Gasteiger partial charge is 0.481 e. The minimum absolute atomic E-state index is 0.0227. The van der Waals surface area contributed by atoms with Crippen LogP contribution < -0.4 is 5.73 Å². The van der Waals surface area contributed by atoms with Crippen LogP contribution >= 0.6 is 23.5 Å². The summed E-state index contributed by atoms with van der Waals surface area (Å²) < 4.78 is 52.9. The molecule has 1 aliphatic rings. The number of phosphoric acid groups is 3. The highest BCUT2D eigenvalue weighted by Crippen LogP contribution is 2.58. The van der Waals surface area contributed by atoms with Crippen molar-refractivity contribution in [2.75, 3.05) is 12.3 Å². The first-order valence-electron chi connectivity index (χ1n) is 7.91. The van der Waals surface area contributed by atoms with Crippen molar-refractivity contribution < 1.29 is 61.4 Å². The van der Waals surface area contributed by atoms with E-state index in [1.165, 1.54) is 0 Å². The smallest absolute Gasteiger partial charge is 0.387 e. The Labute approximate surface area is 171 Å². The number of nitrogens with two attached hydrogens (primary N) is 1. The summed E-state index contributed by atoms with van der Waals surface area (Å²) in [6.45, 7) is -0.990.